The van der Waals surface area contributed by atoms with Crippen LogP contribution in [0.4, 0.5) is 5.82 Å². The fourth-order valence-electron chi connectivity index (χ4n) is 5.79. The number of nitrogens with zero attached hydrogens (tertiary/aromatic N) is 6. The molecule has 38 heavy (non-hydrogen) atoms. The molecule has 7 rings (SSSR count). The van der Waals surface area contributed by atoms with Crippen LogP contribution >= 0.6 is 0 Å². The molecule has 1 saturated heterocycles. The van der Waals surface area contributed by atoms with E-state index in [1.165, 1.54) is 12.7 Å². The van der Waals surface area contributed by atoms with Gasteiger partial charge in [-0.05, 0) is 48.8 Å². The minimum atomic E-state index is -0.672. The predicted molar refractivity (Wildman–Crippen MR) is 144 cm³/mol. The summed E-state index contributed by atoms with van der Waals surface area (Å²) in [5.41, 5.74) is 11.9. The molecular weight excluding hydrogens is 551 g/mol. The first-order valence-corrected chi connectivity index (χ1v) is 12.8. The summed E-state index contributed by atoms with van der Waals surface area (Å²) in [4.78, 5) is 16.2. The molecule has 2 fully saturated rings. The Hall–Kier alpha value is -2.78. The van der Waals surface area contributed by atoms with Crippen molar-refractivity contribution in [3.63, 3.8) is 0 Å². The van der Waals surface area contributed by atoms with Gasteiger partial charge in [-0.1, -0.05) is 42.0 Å². The van der Waals surface area contributed by atoms with E-state index in [9.17, 15) is 5.11 Å². The molecule has 1 saturated carbocycles. The standard InChI is InChI=1S/C29H28N7O.Y/c1-18-22(10-8-20-9-11-23(33-25(18)20)19-6-3-2-4-7-19)26-24-27(30)31-17-32-28(24)36(34-26)21-14-29(37,15-21)16-35-12-5-13-35;/h2-4,6-8,10-11,17,21,37H,5,12-16H2,1H3,(H2,30,31,32);/q-1;. The van der Waals surface area contributed by atoms with E-state index in [1.54, 1.807) is 0 Å². The van der Waals surface area contributed by atoms with Gasteiger partial charge in [-0.25, -0.2) is 14.6 Å². The number of rotatable bonds is 5. The Morgan fingerprint density at radius 3 is 2.63 bits per heavy atom. The molecule has 1 radical (unpaired) electrons. The Balaban J connectivity index is 0.00000264. The number of nitrogens with two attached hydrogens (primary N) is 1. The van der Waals surface area contributed by atoms with Gasteiger partial charge in [0, 0.05) is 52.1 Å². The third-order valence-corrected chi connectivity index (χ3v) is 7.91. The fraction of sp³-hybridized carbons (Fsp3) is 0.310. The van der Waals surface area contributed by atoms with Crippen LogP contribution in [-0.2, 0) is 32.7 Å². The van der Waals surface area contributed by atoms with E-state index in [0.29, 0.717) is 24.3 Å². The molecule has 0 bridgehead atoms. The van der Waals surface area contributed by atoms with Crippen LogP contribution in [-0.4, -0.2) is 60.0 Å². The average Bonchev–Trinajstić information content (AvgIpc) is 3.26. The minimum absolute atomic E-state index is 0. The number of anilines is 1. The van der Waals surface area contributed by atoms with Gasteiger partial charge in [-0.15, -0.1) is 23.6 Å². The van der Waals surface area contributed by atoms with Crippen molar-refractivity contribution in [3.05, 3.63) is 66.5 Å². The van der Waals surface area contributed by atoms with Crippen molar-refractivity contribution < 1.29 is 37.8 Å². The summed E-state index contributed by atoms with van der Waals surface area (Å²) in [5.74, 6) is 0.401. The van der Waals surface area contributed by atoms with Crippen molar-refractivity contribution in [2.24, 2.45) is 0 Å². The zero-order valence-corrected chi connectivity index (χ0v) is 24.1. The molecule has 189 valence electrons. The Morgan fingerprint density at radius 2 is 1.89 bits per heavy atom. The van der Waals surface area contributed by atoms with Gasteiger partial charge >= 0.3 is 0 Å². The van der Waals surface area contributed by atoms with Gasteiger partial charge < -0.3 is 20.7 Å². The van der Waals surface area contributed by atoms with E-state index in [2.05, 4.69) is 46.1 Å². The molecule has 3 N–H and O–H groups in total. The van der Waals surface area contributed by atoms with Gasteiger partial charge in [-0.2, -0.15) is 5.10 Å². The van der Waals surface area contributed by atoms with Gasteiger partial charge in [0.25, 0.3) is 0 Å². The van der Waals surface area contributed by atoms with Crippen LogP contribution in [0.3, 0.4) is 0 Å². The topological polar surface area (TPSA) is 106 Å². The summed E-state index contributed by atoms with van der Waals surface area (Å²) < 4.78 is 1.94. The van der Waals surface area contributed by atoms with E-state index in [-0.39, 0.29) is 38.8 Å². The summed E-state index contributed by atoms with van der Waals surface area (Å²) in [5, 5.41) is 17.8. The number of nitrogen functional groups attached to an aromatic ring is 1. The van der Waals surface area contributed by atoms with Crippen molar-refractivity contribution in [3.8, 4) is 22.5 Å². The maximum absolute atomic E-state index is 11.1. The molecule has 2 aliphatic rings. The number of β-amino-alcohol motifs (C(OH)–C–C–N with tert-alkyl or cyclic N) is 1. The van der Waals surface area contributed by atoms with Crippen LogP contribution < -0.4 is 5.73 Å². The summed E-state index contributed by atoms with van der Waals surface area (Å²) in [6.45, 7) is 4.93. The van der Waals surface area contributed by atoms with Crippen molar-refractivity contribution in [1.29, 1.82) is 0 Å². The smallest absolute Gasteiger partial charge is 0.164 e. The molecule has 0 amide bonds. The zero-order chi connectivity index (χ0) is 25.1. The Labute approximate surface area is 246 Å². The van der Waals surface area contributed by atoms with Crippen LogP contribution in [0, 0.1) is 13.0 Å². The molecule has 3 aromatic heterocycles. The predicted octanol–water partition coefficient (Wildman–Crippen LogP) is 4.17. The maximum Gasteiger partial charge on any atom is 0.164 e. The Bertz CT molecular complexity index is 1640. The van der Waals surface area contributed by atoms with Gasteiger partial charge in [0.15, 0.2) is 5.65 Å². The molecule has 1 aliphatic heterocycles. The van der Waals surface area contributed by atoms with Crippen LogP contribution in [0.25, 0.3) is 44.5 Å². The summed E-state index contributed by atoms with van der Waals surface area (Å²) in [6.07, 6.45) is 4.00. The summed E-state index contributed by atoms with van der Waals surface area (Å²) in [7, 11) is 0. The quantitative estimate of drug-likeness (QED) is 0.301. The van der Waals surface area contributed by atoms with Crippen LogP contribution in [0.5, 0.6) is 0 Å². The molecule has 1 aliphatic carbocycles. The molecule has 0 unspecified atom stereocenters. The SMILES string of the molecule is Cc1c(-c2nn(C3CC(O)(CN4CCC4)C3)c3ncnc(N)c23)ccc2[c-]cc(-c3ccccc3)nc12.[Y]. The first-order valence-electron chi connectivity index (χ1n) is 12.8. The van der Waals surface area contributed by atoms with Crippen LogP contribution in [0.15, 0.2) is 54.9 Å². The van der Waals surface area contributed by atoms with Crippen LogP contribution in [0.1, 0.15) is 30.9 Å². The van der Waals surface area contributed by atoms with E-state index in [0.717, 1.165) is 64.0 Å². The first kappa shape index (κ1) is 25.5. The number of benzene rings is 2. The second kappa shape index (κ2) is 9.76. The van der Waals surface area contributed by atoms with Gasteiger partial charge in [0.05, 0.1) is 17.0 Å². The first-order chi connectivity index (χ1) is 18.0. The maximum atomic E-state index is 11.1. The van der Waals surface area contributed by atoms with Crippen molar-refractivity contribution in [1.82, 2.24) is 29.6 Å². The molecule has 9 heteroatoms. The van der Waals surface area contributed by atoms with E-state index < -0.39 is 5.60 Å². The number of hydrogen-bond acceptors (Lipinski definition) is 7. The molecular formula is C29H28N7OY-. The van der Waals surface area contributed by atoms with Gasteiger partial charge in [-0.3, -0.25) is 0 Å². The number of aryl methyl sites for hydroxylation is 1. The molecule has 0 atom stereocenters. The average molecular weight is 579 g/mol. The Kier molecular flexibility index (Phi) is 6.55. The largest absolute Gasteiger partial charge is 0.388 e. The number of hydrogen-bond donors (Lipinski definition) is 2. The number of aliphatic hydroxyl groups is 1. The number of aromatic nitrogens is 5. The number of fused-ring (bicyclic) bond motifs is 2. The third kappa shape index (κ3) is 4.24. The summed E-state index contributed by atoms with van der Waals surface area (Å²) in [6, 6.07) is 19.6. The van der Waals surface area contributed by atoms with E-state index in [4.69, 9.17) is 15.8 Å². The number of likely N-dealkylation sites (tertiary alicyclic amines) is 1. The number of pyridine rings is 1. The van der Waals surface area contributed by atoms with E-state index >= 15 is 0 Å². The molecule has 2 aromatic carbocycles. The van der Waals surface area contributed by atoms with Crippen LogP contribution in [0.2, 0.25) is 0 Å². The second-order valence-electron chi connectivity index (χ2n) is 10.5. The normalized spacial score (nSPS) is 21.2. The van der Waals surface area contributed by atoms with E-state index in [1.807, 2.05) is 35.0 Å². The van der Waals surface area contributed by atoms with Crippen molar-refractivity contribution in [2.45, 2.75) is 37.8 Å². The molecule has 5 aromatic rings. The molecule has 0 spiro atoms. The van der Waals surface area contributed by atoms with Gasteiger partial charge in [0.2, 0.25) is 0 Å². The Morgan fingerprint density at radius 1 is 1.11 bits per heavy atom. The monoisotopic (exact) mass is 579 g/mol. The summed E-state index contributed by atoms with van der Waals surface area (Å²) >= 11 is 0. The van der Waals surface area contributed by atoms with Crippen molar-refractivity contribution >= 4 is 27.8 Å². The van der Waals surface area contributed by atoms with Gasteiger partial charge in [0.1, 0.15) is 17.8 Å². The zero-order valence-electron chi connectivity index (χ0n) is 21.3. The molecule has 4 heterocycles. The van der Waals surface area contributed by atoms with Crippen molar-refractivity contribution in [2.75, 3.05) is 25.4 Å². The third-order valence-electron chi connectivity index (χ3n) is 7.91. The molecule has 8 nitrogen and oxygen atoms in total. The fourth-order valence-corrected chi connectivity index (χ4v) is 5.79. The second-order valence-corrected chi connectivity index (χ2v) is 10.5. The minimum Gasteiger partial charge on any atom is -0.388 e.